The fourth-order valence-electron chi connectivity index (χ4n) is 2.43. The van der Waals surface area contributed by atoms with Gasteiger partial charge in [-0.05, 0) is 50.2 Å². The largest absolute Gasteiger partial charge is 0.497 e. The zero-order chi connectivity index (χ0) is 13.7. The second-order valence-electron chi connectivity index (χ2n) is 5.30. The fourth-order valence-corrected chi connectivity index (χ4v) is 2.43. The lowest BCUT2D eigenvalue weighted by molar-refractivity contribution is 0.218. The van der Waals surface area contributed by atoms with Gasteiger partial charge in [-0.1, -0.05) is 0 Å². The third-order valence-electron chi connectivity index (χ3n) is 3.90. The summed E-state index contributed by atoms with van der Waals surface area (Å²) in [6.07, 6.45) is 2.26. The zero-order valence-electron chi connectivity index (χ0n) is 12.0. The topological polar surface area (TPSA) is 41.7 Å². The third kappa shape index (κ3) is 4.11. The van der Waals surface area contributed by atoms with Gasteiger partial charge in [0.25, 0.3) is 0 Å². The summed E-state index contributed by atoms with van der Waals surface area (Å²) in [6.45, 7) is 4.42. The SMILES string of the molecule is COc1ccc(N(C)CCN2CCC(N)CC2)cc1. The second kappa shape index (κ2) is 6.78. The first kappa shape index (κ1) is 14.2. The molecule has 1 aromatic rings. The summed E-state index contributed by atoms with van der Waals surface area (Å²) in [5, 5.41) is 0. The molecule has 1 aliphatic heterocycles. The van der Waals surface area contributed by atoms with Gasteiger partial charge in [-0.3, -0.25) is 0 Å². The maximum absolute atomic E-state index is 5.92. The predicted octanol–water partition coefficient (Wildman–Crippen LogP) is 1.55. The Morgan fingerprint density at radius 1 is 1.26 bits per heavy atom. The Balaban J connectivity index is 1.78. The van der Waals surface area contributed by atoms with Crippen LogP contribution in [0, 0.1) is 0 Å². The van der Waals surface area contributed by atoms with E-state index in [2.05, 4.69) is 29.0 Å². The number of methoxy groups -OCH3 is 1. The number of hydrogen-bond acceptors (Lipinski definition) is 4. The lowest BCUT2D eigenvalue weighted by Gasteiger charge is -2.31. The molecule has 1 fully saturated rings. The normalized spacial score (nSPS) is 17.4. The minimum Gasteiger partial charge on any atom is -0.497 e. The number of likely N-dealkylation sites (N-methyl/N-ethyl adjacent to an activating group) is 1. The molecule has 19 heavy (non-hydrogen) atoms. The molecule has 1 heterocycles. The van der Waals surface area contributed by atoms with Crippen molar-refractivity contribution >= 4 is 5.69 Å². The van der Waals surface area contributed by atoms with E-state index < -0.39 is 0 Å². The second-order valence-corrected chi connectivity index (χ2v) is 5.30. The third-order valence-corrected chi connectivity index (χ3v) is 3.90. The van der Waals surface area contributed by atoms with Crippen LogP contribution in [-0.4, -0.2) is 51.3 Å². The molecule has 1 aromatic carbocycles. The lowest BCUT2D eigenvalue weighted by atomic mass is 10.1. The van der Waals surface area contributed by atoms with Crippen LogP contribution >= 0.6 is 0 Å². The zero-order valence-corrected chi connectivity index (χ0v) is 12.0. The van der Waals surface area contributed by atoms with E-state index in [1.807, 2.05) is 12.1 Å². The van der Waals surface area contributed by atoms with Crippen molar-refractivity contribution < 1.29 is 4.74 Å². The Morgan fingerprint density at radius 3 is 2.47 bits per heavy atom. The van der Waals surface area contributed by atoms with Crippen LogP contribution in [0.2, 0.25) is 0 Å². The molecule has 0 atom stereocenters. The molecule has 4 nitrogen and oxygen atoms in total. The smallest absolute Gasteiger partial charge is 0.119 e. The van der Waals surface area contributed by atoms with Crippen LogP contribution in [0.4, 0.5) is 5.69 Å². The van der Waals surface area contributed by atoms with E-state index in [0.29, 0.717) is 6.04 Å². The number of anilines is 1. The summed E-state index contributed by atoms with van der Waals surface area (Å²) >= 11 is 0. The standard InChI is InChI=1S/C15H25N3O/c1-17(14-3-5-15(19-2)6-4-14)11-12-18-9-7-13(16)8-10-18/h3-6,13H,7-12,16H2,1-2H3. The van der Waals surface area contributed by atoms with E-state index in [-0.39, 0.29) is 0 Å². The molecule has 1 aliphatic rings. The molecule has 4 heteroatoms. The molecule has 0 aliphatic carbocycles. The lowest BCUT2D eigenvalue weighted by Crippen LogP contribution is -2.42. The minimum atomic E-state index is 0.413. The van der Waals surface area contributed by atoms with Crippen LogP contribution in [0.25, 0.3) is 0 Å². The van der Waals surface area contributed by atoms with Crippen LogP contribution in [0.3, 0.4) is 0 Å². The van der Waals surface area contributed by atoms with E-state index in [1.54, 1.807) is 7.11 Å². The molecule has 0 aromatic heterocycles. The average molecular weight is 263 g/mol. The van der Waals surface area contributed by atoms with E-state index >= 15 is 0 Å². The van der Waals surface area contributed by atoms with Gasteiger partial charge >= 0.3 is 0 Å². The molecule has 0 amide bonds. The van der Waals surface area contributed by atoms with Crippen molar-refractivity contribution in [2.75, 3.05) is 45.2 Å². The van der Waals surface area contributed by atoms with Crippen molar-refractivity contribution in [3.63, 3.8) is 0 Å². The highest BCUT2D eigenvalue weighted by atomic mass is 16.5. The van der Waals surface area contributed by atoms with Crippen molar-refractivity contribution in [1.82, 2.24) is 4.90 Å². The first-order valence-corrected chi connectivity index (χ1v) is 7.02. The first-order valence-electron chi connectivity index (χ1n) is 7.02. The molecule has 0 bridgehead atoms. The van der Waals surface area contributed by atoms with Gasteiger partial charge in [0.05, 0.1) is 7.11 Å². The highest BCUT2D eigenvalue weighted by molar-refractivity contribution is 5.48. The maximum Gasteiger partial charge on any atom is 0.119 e. The number of likely N-dealkylation sites (tertiary alicyclic amines) is 1. The van der Waals surface area contributed by atoms with Crippen LogP contribution in [0.15, 0.2) is 24.3 Å². The number of rotatable bonds is 5. The van der Waals surface area contributed by atoms with Crippen molar-refractivity contribution in [3.05, 3.63) is 24.3 Å². The van der Waals surface area contributed by atoms with Crippen LogP contribution in [0.1, 0.15) is 12.8 Å². The number of nitrogens with two attached hydrogens (primary N) is 1. The predicted molar refractivity (Wildman–Crippen MR) is 79.9 cm³/mol. The van der Waals surface area contributed by atoms with Gasteiger partial charge in [-0.2, -0.15) is 0 Å². The van der Waals surface area contributed by atoms with Gasteiger partial charge in [0.15, 0.2) is 0 Å². The minimum absolute atomic E-state index is 0.413. The Bertz CT molecular complexity index is 371. The fraction of sp³-hybridized carbons (Fsp3) is 0.600. The molecule has 0 radical (unpaired) electrons. The van der Waals surface area contributed by atoms with Gasteiger partial charge in [-0.25, -0.2) is 0 Å². The molecule has 2 N–H and O–H groups in total. The van der Waals surface area contributed by atoms with Gasteiger partial charge < -0.3 is 20.3 Å². The van der Waals surface area contributed by atoms with E-state index in [9.17, 15) is 0 Å². The summed E-state index contributed by atoms with van der Waals surface area (Å²) in [5.74, 6) is 0.905. The Labute approximate surface area is 116 Å². The highest BCUT2D eigenvalue weighted by Gasteiger charge is 2.15. The summed E-state index contributed by atoms with van der Waals surface area (Å²) in [4.78, 5) is 4.79. The first-order chi connectivity index (χ1) is 9.19. The molecule has 0 unspecified atom stereocenters. The maximum atomic E-state index is 5.92. The van der Waals surface area contributed by atoms with Gasteiger partial charge in [-0.15, -0.1) is 0 Å². The van der Waals surface area contributed by atoms with Crippen molar-refractivity contribution in [2.24, 2.45) is 5.73 Å². The summed E-state index contributed by atoms with van der Waals surface area (Å²) < 4.78 is 5.18. The highest BCUT2D eigenvalue weighted by Crippen LogP contribution is 2.18. The van der Waals surface area contributed by atoms with Crippen molar-refractivity contribution in [1.29, 1.82) is 0 Å². The molecule has 106 valence electrons. The van der Waals surface area contributed by atoms with Crippen molar-refractivity contribution in [3.8, 4) is 5.75 Å². The molecule has 0 spiro atoms. The van der Waals surface area contributed by atoms with E-state index in [4.69, 9.17) is 10.5 Å². The number of benzene rings is 1. The van der Waals surface area contributed by atoms with Crippen molar-refractivity contribution in [2.45, 2.75) is 18.9 Å². The molecular weight excluding hydrogens is 238 g/mol. The summed E-state index contributed by atoms with van der Waals surface area (Å²) in [6, 6.07) is 8.63. The van der Waals surface area contributed by atoms with Gasteiger partial charge in [0, 0.05) is 31.9 Å². The van der Waals surface area contributed by atoms with Crippen LogP contribution in [0.5, 0.6) is 5.75 Å². The number of ether oxygens (including phenoxy) is 1. The Kier molecular flexibility index (Phi) is 5.05. The monoisotopic (exact) mass is 263 g/mol. The Hall–Kier alpha value is -1.26. The number of nitrogens with zero attached hydrogens (tertiary/aromatic N) is 2. The van der Waals surface area contributed by atoms with E-state index in [1.165, 1.54) is 5.69 Å². The molecule has 1 saturated heterocycles. The number of hydrogen-bond donors (Lipinski definition) is 1. The van der Waals surface area contributed by atoms with Gasteiger partial charge in [0.1, 0.15) is 5.75 Å². The Morgan fingerprint density at radius 2 is 1.89 bits per heavy atom. The quantitative estimate of drug-likeness (QED) is 0.875. The van der Waals surface area contributed by atoms with Gasteiger partial charge in [0.2, 0.25) is 0 Å². The summed E-state index contributed by atoms with van der Waals surface area (Å²) in [5.41, 5.74) is 7.15. The molecular formula is C15H25N3O. The van der Waals surface area contributed by atoms with Crippen LogP contribution < -0.4 is 15.4 Å². The van der Waals surface area contributed by atoms with E-state index in [0.717, 1.165) is 44.8 Å². The van der Waals surface area contributed by atoms with Crippen LogP contribution in [-0.2, 0) is 0 Å². The molecule has 2 rings (SSSR count). The molecule has 0 saturated carbocycles. The average Bonchev–Trinajstić information content (AvgIpc) is 2.46. The summed E-state index contributed by atoms with van der Waals surface area (Å²) in [7, 11) is 3.83. The number of piperidine rings is 1.